The smallest absolute Gasteiger partial charge is 0.0546 e. The van der Waals surface area contributed by atoms with Crippen molar-refractivity contribution in [3.63, 3.8) is 0 Å². The van der Waals surface area contributed by atoms with Crippen LogP contribution in [0.2, 0.25) is 0 Å². The van der Waals surface area contributed by atoms with Crippen molar-refractivity contribution in [3.05, 3.63) is 249 Å². The van der Waals surface area contributed by atoms with Gasteiger partial charge in [-0.25, -0.2) is 0 Å². The quantitative estimate of drug-likeness (QED) is 0.142. The molecule has 0 radical (unpaired) electrons. The lowest BCUT2D eigenvalue weighted by atomic mass is 9.87. The second-order valence-corrected chi connectivity index (χ2v) is 14.9. The van der Waals surface area contributed by atoms with Gasteiger partial charge in [0.2, 0.25) is 0 Å². The van der Waals surface area contributed by atoms with Crippen molar-refractivity contribution in [1.29, 1.82) is 0 Å². The first-order valence-corrected chi connectivity index (χ1v) is 20.3. The molecule has 1 heteroatoms. The van der Waals surface area contributed by atoms with Gasteiger partial charge in [-0.1, -0.05) is 218 Å². The molecule has 10 aromatic carbocycles. The first-order chi connectivity index (χ1) is 29.3. The summed E-state index contributed by atoms with van der Waals surface area (Å²) in [7, 11) is 0. The largest absolute Gasteiger partial charge is 0.310 e. The van der Waals surface area contributed by atoms with Crippen LogP contribution >= 0.6 is 0 Å². The van der Waals surface area contributed by atoms with Gasteiger partial charge in [-0.2, -0.15) is 0 Å². The molecule has 1 nitrogen and oxygen atoms in total. The van der Waals surface area contributed by atoms with Gasteiger partial charge < -0.3 is 4.90 Å². The molecule has 0 amide bonds. The van der Waals surface area contributed by atoms with Gasteiger partial charge >= 0.3 is 0 Å². The summed E-state index contributed by atoms with van der Waals surface area (Å²) in [5.41, 5.74) is 17.6. The molecule has 278 valence electrons. The molecule has 0 spiro atoms. The van der Waals surface area contributed by atoms with Crippen LogP contribution < -0.4 is 4.90 Å². The zero-order chi connectivity index (χ0) is 39.4. The molecule has 0 unspecified atom stereocenters. The van der Waals surface area contributed by atoms with E-state index in [2.05, 4.69) is 254 Å². The third kappa shape index (κ3) is 7.12. The van der Waals surface area contributed by atoms with Gasteiger partial charge in [-0.15, -0.1) is 0 Å². The Bertz CT molecular complexity index is 2980. The van der Waals surface area contributed by atoms with Gasteiger partial charge in [0.15, 0.2) is 0 Å². The summed E-state index contributed by atoms with van der Waals surface area (Å²) in [6.45, 7) is 0. The molecule has 0 N–H and O–H groups in total. The standard InChI is InChI=1S/C58H41N/c1-4-16-42(17-5-1)43-30-32-44(33-31-43)45-34-38-50(39-35-45)59(51-40-36-49(37-41-51)53-27-14-23-47-22-10-11-24-52(47)53)57-29-15-28-55(48-20-8-3-9-21-48)58(57)56-26-13-12-25-54(56)46-18-6-2-7-19-46/h1-41H. The first kappa shape index (κ1) is 35.7. The summed E-state index contributed by atoms with van der Waals surface area (Å²) in [6, 6.07) is 89.8. The van der Waals surface area contributed by atoms with Gasteiger partial charge in [0.1, 0.15) is 0 Å². The van der Waals surface area contributed by atoms with Crippen LogP contribution in [-0.2, 0) is 0 Å². The van der Waals surface area contributed by atoms with Gasteiger partial charge in [0.05, 0.1) is 5.69 Å². The van der Waals surface area contributed by atoms with E-state index in [-0.39, 0.29) is 0 Å². The molecule has 0 heterocycles. The minimum absolute atomic E-state index is 1.08. The minimum Gasteiger partial charge on any atom is -0.310 e. The summed E-state index contributed by atoms with van der Waals surface area (Å²) in [5.74, 6) is 0. The van der Waals surface area contributed by atoms with Crippen LogP contribution in [0.5, 0.6) is 0 Å². The zero-order valence-electron chi connectivity index (χ0n) is 32.6. The molecular formula is C58H41N. The predicted molar refractivity (Wildman–Crippen MR) is 251 cm³/mol. The van der Waals surface area contributed by atoms with Crippen LogP contribution in [0.1, 0.15) is 0 Å². The second-order valence-electron chi connectivity index (χ2n) is 14.9. The number of fused-ring (bicyclic) bond motifs is 1. The fraction of sp³-hybridized carbons (Fsp3) is 0. The average Bonchev–Trinajstić information content (AvgIpc) is 3.33. The lowest BCUT2D eigenvalue weighted by Crippen LogP contribution is -2.12. The number of anilines is 3. The number of hydrogen-bond acceptors (Lipinski definition) is 1. The van der Waals surface area contributed by atoms with Crippen LogP contribution in [0.3, 0.4) is 0 Å². The molecule has 59 heavy (non-hydrogen) atoms. The Morgan fingerprint density at radius 3 is 1.20 bits per heavy atom. The Balaban J connectivity index is 1.15. The minimum atomic E-state index is 1.08. The van der Waals surface area contributed by atoms with Crippen molar-refractivity contribution >= 4 is 27.8 Å². The third-order valence-electron chi connectivity index (χ3n) is 11.3. The molecular weight excluding hydrogens is 711 g/mol. The number of nitrogens with zero attached hydrogens (tertiary/aromatic N) is 1. The van der Waals surface area contributed by atoms with E-state index in [0.717, 1.165) is 17.1 Å². The fourth-order valence-corrected chi connectivity index (χ4v) is 8.42. The Morgan fingerprint density at radius 2 is 0.593 bits per heavy atom. The van der Waals surface area contributed by atoms with Crippen molar-refractivity contribution in [2.45, 2.75) is 0 Å². The van der Waals surface area contributed by atoms with E-state index in [4.69, 9.17) is 0 Å². The van der Waals surface area contributed by atoms with Crippen LogP contribution in [-0.4, -0.2) is 0 Å². The van der Waals surface area contributed by atoms with Crippen LogP contribution in [0.15, 0.2) is 249 Å². The van der Waals surface area contributed by atoms with Gasteiger partial charge in [0.25, 0.3) is 0 Å². The van der Waals surface area contributed by atoms with E-state index in [0.29, 0.717) is 0 Å². The number of rotatable bonds is 9. The topological polar surface area (TPSA) is 3.24 Å². The first-order valence-electron chi connectivity index (χ1n) is 20.3. The number of benzene rings is 10. The molecule has 0 fully saturated rings. The molecule has 0 saturated carbocycles. The van der Waals surface area contributed by atoms with E-state index in [1.807, 2.05) is 0 Å². The van der Waals surface area contributed by atoms with Crippen molar-refractivity contribution in [2.75, 3.05) is 4.90 Å². The zero-order valence-corrected chi connectivity index (χ0v) is 32.6. The Kier molecular flexibility index (Phi) is 9.68. The van der Waals surface area contributed by atoms with Gasteiger partial charge in [-0.3, -0.25) is 0 Å². The molecule has 0 saturated heterocycles. The molecule has 0 aliphatic heterocycles. The Hall–Kier alpha value is -7.74. The maximum atomic E-state index is 2.43. The van der Waals surface area contributed by atoms with E-state index >= 15 is 0 Å². The summed E-state index contributed by atoms with van der Waals surface area (Å²) in [4.78, 5) is 2.43. The highest BCUT2D eigenvalue weighted by molar-refractivity contribution is 6.02. The second kappa shape index (κ2) is 16.0. The Morgan fingerprint density at radius 1 is 0.220 bits per heavy atom. The van der Waals surface area contributed by atoms with E-state index < -0.39 is 0 Å². The van der Waals surface area contributed by atoms with Crippen LogP contribution in [0, 0.1) is 0 Å². The summed E-state index contributed by atoms with van der Waals surface area (Å²) in [5, 5.41) is 2.49. The maximum Gasteiger partial charge on any atom is 0.0546 e. The molecule has 10 aromatic rings. The molecule has 0 aromatic heterocycles. The van der Waals surface area contributed by atoms with Gasteiger partial charge in [0, 0.05) is 16.9 Å². The SMILES string of the molecule is c1ccc(-c2ccc(-c3ccc(N(c4ccc(-c5cccc6ccccc56)cc4)c4cccc(-c5ccccc5)c4-c4ccccc4-c4ccccc4)cc3)cc2)cc1. The molecule has 0 aliphatic rings. The predicted octanol–water partition coefficient (Wildman–Crippen LogP) is 16.3. The fourth-order valence-electron chi connectivity index (χ4n) is 8.42. The van der Waals surface area contributed by atoms with E-state index in [1.54, 1.807) is 0 Å². The lowest BCUT2D eigenvalue weighted by molar-refractivity contribution is 1.28. The number of hydrogen-bond donors (Lipinski definition) is 0. The highest BCUT2D eigenvalue weighted by Gasteiger charge is 2.23. The average molecular weight is 752 g/mol. The molecule has 0 atom stereocenters. The van der Waals surface area contributed by atoms with Crippen LogP contribution in [0.4, 0.5) is 17.1 Å². The molecule has 0 aliphatic carbocycles. The normalized spacial score (nSPS) is 11.1. The molecule has 10 rings (SSSR count). The highest BCUT2D eigenvalue weighted by Crippen LogP contribution is 2.48. The third-order valence-corrected chi connectivity index (χ3v) is 11.3. The van der Waals surface area contributed by atoms with Crippen molar-refractivity contribution < 1.29 is 0 Å². The van der Waals surface area contributed by atoms with Crippen molar-refractivity contribution in [1.82, 2.24) is 0 Å². The van der Waals surface area contributed by atoms with E-state index in [9.17, 15) is 0 Å². The lowest BCUT2D eigenvalue weighted by Gasteiger charge is -2.30. The summed E-state index contributed by atoms with van der Waals surface area (Å²) < 4.78 is 0. The Labute approximate surface area is 346 Å². The summed E-state index contributed by atoms with van der Waals surface area (Å²) >= 11 is 0. The highest BCUT2D eigenvalue weighted by atomic mass is 15.1. The maximum absolute atomic E-state index is 2.43. The molecule has 0 bridgehead atoms. The van der Waals surface area contributed by atoms with E-state index in [1.165, 1.54) is 77.5 Å². The van der Waals surface area contributed by atoms with Crippen molar-refractivity contribution in [3.8, 4) is 66.8 Å². The summed E-state index contributed by atoms with van der Waals surface area (Å²) in [6.07, 6.45) is 0. The van der Waals surface area contributed by atoms with Crippen LogP contribution in [0.25, 0.3) is 77.5 Å². The monoisotopic (exact) mass is 751 g/mol. The van der Waals surface area contributed by atoms with Gasteiger partial charge in [-0.05, 0) is 102 Å². The van der Waals surface area contributed by atoms with Crippen molar-refractivity contribution in [2.24, 2.45) is 0 Å².